The van der Waals surface area contributed by atoms with E-state index in [1.807, 2.05) is 0 Å². The molecule has 0 spiro atoms. The maximum Gasteiger partial charge on any atom is 0.129 e. The zero-order chi connectivity index (χ0) is 12.0. The summed E-state index contributed by atoms with van der Waals surface area (Å²) in [4.78, 5) is 15.9. The van der Waals surface area contributed by atoms with Crippen LogP contribution >= 0.6 is 0 Å². The average Bonchev–Trinajstić information content (AvgIpc) is 2.28. The third kappa shape index (κ3) is 4.62. The second-order valence-corrected chi connectivity index (χ2v) is 4.94. The summed E-state index contributed by atoms with van der Waals surface area (Å²) in [6.45, 7) is 12.1. The summed E-state index contributed by atoms with van der Waals surface area (Å²) in [5.41, 5.74) is 0. The molecule has 0 radical (unpaired) electrons. The highest BCUT2D eigenvalue weighted by molar-refractivity contribution is 5.75. The summed E-state index contributed by atoms with van der Waals surface area (Å²) in [5.74, 6) is 0.318. The van der Waals surface area contributed by atoms with Gasteiger partial charge in [0.25, 0.3) is 0 Å². The quantitative estimate of drug-likeness (QED) is 0.689. The van der Waals surface area contributed by atoms with Gasteiger partial charge in [-0.3, -0.25) is 4.90 Å². The molecule has 1 aliphatic rings. The molecule has 0 aromatic heterocycles. The number of ketones is 1. The summed E-state index contributed by atoms with van der Waals surface area (Å²) in [6.07, 6.45) is 3.01. The lowest BCUT2D eigenvalue weighted by Gasteiger charge is -2.37. The van der Waals surface area contributed by atoms with Gasteiger partial charge in [0, 0.05) is 38.6 Å². The Morgan fingerprint density at radius 3 is 2.38 bits per heavy atom. The zero-order valence-corrected chi connectivity index (χ0v) is 11.0. The molecule has 3 heteroatoms. The van der Waals surface area contributed by atoms with Crippen molar-refractivity contribution < 1.29 is 4.79 Å². The summed E-state index contributed by atoms with van der Waals surface area (Å²) in [6, 6.07) is 0.722. The van der Waals surface area contributed by atoms with Crippen LogP contribution in [0.1, 0.15) is 40.0 Å². The molecule has 0 bridgehead atoms. The molecule has 0 aliphatic carbocycles. The molecule has 0 saturated carbocycles. The van der Waals surface area contributed by atoms with E-state index in [0.717, 1.165) is 25.4 Å². The minimum atomic E-state index is 0.318. The van der Waals surface area contributed by atoms with Crippen molar-refractivity contribution in [1.82, 2.24) is 9.80 Å². The molecule has 1 rings (SSSR count). The first-order valence-electron chi connectivity index (χ1n) is 6.59. The molecular weight excluding hydrogens is 200 g/mol. The predicted molar refractivity (Wildman–Crippen MR) is 67.7 cm³/mol. The van der Waals surface area contributed by atoms with Crippen LogP contribution in [0.25, 0.3) is 0 Å². The van der Waals surface area contributed by atoms with E-state index >= 15 is 0 Å². The molecule has 16 heavy (non-hydrogen) atoms. The molecule has 3 nitrogen and oxygen atoms in total. The van der Waals surface area contributed by atoms with Crippen LogP contribution in [0, 0.1) is 0 Å². The molecule has 1 fully saturated rings. The molecule has 0 N–H and O–H groups in total. The minimum Gasteiger partial charge on any atom is -0.301 e. The zero-order valence-electron chi connectivity index (χ0n) is 11.0. The van der Waals surface area contributed by atoms with Gasteiger partial charge in [0.2, 0.25) is 0 Å². The van der Waals surface area contributed by atoms with E-state index in [4.69, 9.17) is 0 Å². The number of rotatable bonds is 6. The Bertz CT molecular complexity index is 210. The number of nitrogens with zero attached hydrogens (tertiary/aromatic N) is 2. The highest BCUT2D eigenvalue weighted by Gasteiger charge is 2.19. The van der Waals surface area contributed by atoms with Crippen molar-refractivity contribution in [2.45, 2.75) is 46.1 Å². The average molecular weight is 226 g/mol. The Balaban J connectivity index is 2.14. The van der Waals surface area contributed by atoms with Crippen molar-refractivity contribution >= 4 is 5.78 Å². The number of carbonyl (C=O) groups excluding carboxylic acids is 1. The standard InChI is InChI=1S/C13H26N2O/c1-4-12(2)15-10-8-14(9-11-15)7-5-6-13(3)16/h12H,4-11H2,1-3H3. The van der Waals surface area contributed by atoms with Gasteiger partial charge >= 0.3 is 0 Å². The maximum atomic E-state index is 10.8. The van der Waals surface area contributed by atoms with Gasteiger partial charge in [-0.15, -0.1) is 0 Å². The number of piperazine rings is 1. The van der Waals surface area contributed by atoms with Gasteiger partial charge in [0.15, 0.2) is 0 Å². The molecule has 0 aromatic carbocycles. The predicted octanol–water partition coefficient (Wildman–Crippen LogP) is 1.77. The Kier molecular flexibility index (Phi) is 5.99. The van der Waals surface area contributed by atoms with Crippen molar-refractivity contribution in [2.24, 2.45) is 0 Å². The molecule has 1 aliphatic heterocycles. The van der Waals surface area contributed by atoms with Crippen molar-refractivity contribution in [1.29, 1.82) is 0 Å². The van der Waals surface area contributed by atoms with Crippen LogP contribution in [0.15, 0.2) is 0 Å². The summed E-state index contributed by atoms with van der Waals surface area (Å²) >= 11 is 0. The monoisotopic (exact) mass is 226 g/mol. The third-order valence-electron chi connectivity index (χ3n) is 3.62. The van der Waals surface area contributed by atoms with Gasteiger partial charge < -0.3 is 9.69 Å². The van der Waals surface area contributed by atoms with Gasteiger partial charge in [-0.05, 0) is 33.2 Å². The fourth-order valence-electron chi connectivity index (χ4n) is 2.24. The van der Waals surface area contributed by atoms with E-state index in [9.17, 15) is 4.79 Å². The molecule has 1 unspecified atom stereocenters. The maximum absolute atomic E-state index is 10.8. The van der Waals surface area contributed by atoms with Crippen molar-refractivity contribution in [3.05, 3.63) is 0 Å². The van der Waals surface area contributed by atoms with E-state index < -0.39 is 0 Å². The van der Waals surface area contributed by atoms with Crippen LogP contribution in [0.2, 0.25) is 0 Å². The number of Topliss-reactive ketones (excluding diaryl/α,β-unsaturated/α-hetero) is 1. The van der Waals surface area contributed by atoms with Crippen molar-refractivity contribution in [3.63, 3.8) is 0 Å². The van der Waals surface area contributed by atoms with E-state index in [-0.39, 0.29) is 0 Å². The third-order valence-corrected chi connectivity index (χ3v) is 3.62. The lowest BCUT2D eigenvalue weighted by Crippen LogP contribution is -2.49. The van der Waals surface area contributed by atoms with Crippen LogP contribution in [0.3, 0.4) is 0 Å². The van der Waals surface area contributed by atoms with Gasteiger partial charge in [0.05, 0.1) is 0 Å². The van der Waals surface area contributed by atoms with Gasteiger partial charge in [-0.2, -0.15) is 0 Å². The van der Waals surface area contributed by atoms with Gasteiger partial charge in [0.1, 0.15) is 5.78 Å². The molecule has 0 aromatic rings. The molecular formula is C13H26N2O. The lowest BCUT2D eigenvalue weighted by molar-refractivity contribution is -0.117. The van der Waals surface area contributed by atoms with Crippen LogP contribution in [-0.4, -0.2) is 54.3 Å². The fraction of sp³-hybridized carbons (Fsp3) is 0.923. The Morgan fingerprint density at radius 2 is 1.88 bits per heavy atom. The molecule has 1 heterocycles. The Labute approximate surface area is 99.8 Å². The van der Waals surface area contributed by atoms with E-state index in [1.165, 1.54) is 32.6 Å². The first-order chi connectivity index (χ1) is 7.63. The largest absolute Gasteiger partial charge is 0.301 e. The smallest absolute Gasteiger partial charge is 0.129 e. The Hall–Kier alpha value is -0.410. The topological polar surface area (TPSA) is 23.6 Å². The van der Waals surface area contributed by atoms with Crippen LogP contribution in [-0.2, 0) is 4.79 Å². The fourth-order valence-corrected chi connectivity index (χ4v) is 2.24. The highest BCUT2D eigenvalue weighted by Crippen LogP contribution is 2.09. The van der Waals surface area contributed by atoms with Crippen LogP contribution in [0.5, 0.6) is 0 Å². The molecule has 94 valence electrons. The normalized spacial score (nSPS) is 20.9. The molecule has 0 amide bonds. The first kappa shape index (κ1) is 13.7. The summed E-state index contributed by atoms with van der Waals surface area (Å²) in [5, 5.41) is 0. The van der Waals surface area contributed by atoms with E-state index in [2.05, 4.69) is 23.6 Å². The molecule has 1 saturated heterocycles. The second kappa shape index (κ2) is 7.02. The molecule has 1 atom stereocenters. The Morgan fingerprint density at radius 1 is 1.25 bits per heavy atom. The van der Waals surface area contributed by atoms with Crippen LogP contribution < -0.4 is 0 Å². The lowest BCUT2D eigenvalue weighted by atomic mass is 10.1. The SMILES string of the molecule is CCC(C)N1CCN(CCCC(C)=O)CC1. The highest BCUT2D eigenvalue weighted by atomic mass is 16.1. The summed E-state index contributed by atoms with van der Waals surface area (Å²) in [7, 11) is 0. The first-order valence-corrected chi connectivity index (χ1v) is 6.59. The summed E-state index contributed by atoms with van der Waals surface area (Å²) < 4.78 is 0. The van der Waals surface area contributed by atoms with Crippen LogP contribution in [0.4, 0.5) is 0 Å². The number of hydrogen-bond acceptors (Lipinski definition) is 3. The van der Waals surface area contributed by atoms with Gasteiger partial charge in [-0.25, -0.2) is 0 Å². The van der Waals surface area contributed by atoms with E-state index in [0.29, 0.717) is 5.78 Å². The van der Waals surface area contributed by atoms with Crippen molar-refractivity contribution in [2.75, 3.05) is 32.7 Å². The second-order valence-electron chi connectivity index (χ2n) is 4.94. The number of hydrogen-bond donors (Lipinski definition) is 0. The van der Waals surface area contributed by atoms with E-state index in [1.54, 1.807) is 6.92 Å². The minimum absolute atomic E-state index is 0.318. The van der Waals surface area contributed by atoms with Crippen molar-refractivity contribution in [3.8, 4) is 0 Å². The number of carbonyl (C=O) groups is 1. The van der Waals surface area contributed by atoms with Gasteiger partial charge in [-0.1, -0.05) is 6.92 Å².